The van der Waals surface area contributed by atoms with Crippen LogP contribution in [-0.4, -0.2) is 12.7 Å². The molecular formula is C7H14O. The molecule has 0 amide bonds. The zero-order chi connectivity index (χ0) is 5.98. The summed E-state index contributed by atoms with van der Waals surface area (Å²) in [6.07, 6.45) is 3.12. The van der Waals surface area contributed by atoms with Crippen LogP contribution in [0.15, 0.2) is 0 Å². The van der Waals surface area contributed by atoms with Crippen LogP contribution in [0.5, 0.6) is 0 Å². The molecule has 2 atom stereocenters. The lowest BCUT2D eigenvalue weighted by molar-refractivity contribution is 0.000267. The molecule has 8 heavy (non-hydrogen) atoms. The first kappa shape index (κ1) is 6.09. The number of hydrogen-bond donors (Lipinski definition) is 0. The van der Waals surface area contributed by atoms with Crippen molar-refractivity contribution in [1.82, 2.24) is 0 Å². The van der Waals surface area contributed by atoms with Crippen LogP contribution in [0.2, 0.25) is 0 Å². The van der Waals surface area contributed by atoms with Crippen molar-refractivity contribution in [3.63, 3.8) is 0 Å². The third kappa shape index (κ3) is 1.48. The van der Waals surface area contributed by atoms with E-state index in [4.69, 9.17) is 4.74 Å². The van der Waals surface area contributed by atoms with Gasteiger partial charge in [-0.25, -0.2) is 0 Å². The van der Waals surface area contributed by atoms with Gasteiger partial charge in [0.2, 0.25) is 0 Å². The second kappa shape index (κ2) is 2.49. The van der Waals surface area contributed by atoms with Gasteiger partial charge in [0.1, 0.15) is 0 Å². The van der Waals surface area contributed by atoms with E-state index in [9.17, 15) is 0 Å². The first-order valence-electron chi connectivity index (χ1n) is 3.40. The maximum Gasteiger partial charge on any atom is 0.0547 e. The van der Waals surface area contributed by atoms with Crippen molar-refractivity contribution in [2.24, 2.45) is 5.92 Å². The Kier molecular flexibility index (Phi) is 1.90. The minimum Gasteiger partial charge on any atom is -0.378 e. The van der Waals surface area contributed by atoms with E-state index >= 15 is 0 Å². The molecule has 1 saturated heterocycles. The first-order valence-corrected chi connectivity index (χ1v) is 3.40. The number of hydrogen-bond acceptors (Lipinski definition) is 1. The summed E-state index contributed by atoms with van der Waals surface area (Å²) in [5.74, 6) is 0.797. The van der Waals surface area contributed by atoms with Crippen LogP contribution in [0.25, 0.3) is 0 Å². The lowest BCUT2D eigenvalue weighted by Gasteiger charge is -2.23. The Hall–Kier alpha value is -0.0400. The number of rotatable bonds is 0. The van der Waals surface area contributed by atoms with Gasteiger partial charge in [0, 0.05) is 6.61 Å². The Balaban J connectivity index is 2.19. The van der Waals surface area contributed by atoms with E-state index in [-0.39, 0.29) is 0 Å². The third-order valence-corrected chi connectivity index (χ3v) is 1.73. The Morgan fingerprint density at radius 2 is 2.00 bits per heavy atom. The molecule has 1 fully saturated rings. The van der Waals surface area contributed by atoms with E-state index in [1.165, 1.54) is 12.8 Å². The summed E-state index contributed by atoms with van der Waals surface area (Å²) in [7, 11) is 0. The van der Waals surface area contributed by atoms with Gasteiger partial charge in [-0.2, -0.15) is 0 Å². The summed E-state index contributed by atoms with van der Waals surface area (Å²) in [4.78, 5) is 0. The van der Waals surface area contributed by atoms with E-state index in [1.807, 2.05) is 0 Å². The van der Waals surface area contributed by atoms with Crippen LogP contribution in [-0.2, 0) is 4.74 Å². The third-order valence-electron chi connectivity index (χ3n) is 1.73. The van der Waals surface area contributed by atoms with Gasteiger partial charge in [-0.1, -0.05) is 6.92 Å². The summed E-state index contributed by atoms with van der Waals surface area (Å²) in [6.45, 7) is 5.36. The molecule has 0 bridgehead atoms. The standard InChI is InChI=1S/C7H14O/c1-6-3-4-7(2)8-5-6/h6-7H,3-5H2,1-2H3/t6-,7?/m1/s1. The quantitative estimate of drug-likeness (QED) is 0.466. The van der Waals surface area contributed by atoms with Crippen molar-refractivity contribution in [3.8, 4) is 0 Å². The van der Waals surface area contributed by atoms with Gasteiger partial charge < -0.3 is 4.74 Å². The molecule has 1 heterocycles. The molecule has 0 N–H and O–H groups in total. The fourth-order valence-electron chi connectivity index (χ4n) is 1.01. The van der Waals surface area contributed by atoms with Crippen LogP contribution < -0.4 is 0 Å². The van der Waals surface area contributed by atoms with E-state index < -0.39 is 0 Å². The zero-order valence-corrected chi connectivity index (χ0v) is 5.68. The van der Waals surface area contributed by atoms with Crippen LogP contribution in [0.4, 0.5) is 0 Å². The van der Waals surface area contributed by atoms with Crippen LogP contribution in [0.1, 0.15) is 26.7 Å². The van der Waals surface area contributed by atoms with Gasteiger partial charge in [-0.05, 0) is 25.7 Å². The zero-order valence-electron chi connectivity index (χ0n) is 5.68. The molecule has 0 aromatic carbocycles. The molecule has 1 rings (SSSR count). The lowest BCUT2D eigenvalue weighted by Crippen LogP contribution is -2.21. The predicted octanol–water partition coefficient (Wildman–Crippen LogP) is 1.82. The molecule has 1 aliphatic rings. The molecule has 48 valence electrons. The molecule has 1 nitrogen and oxygen atoms in total. The van der Waals surface area contributed by atoms with Crippen LogP contribution in [0, 0.1) is 5.92 Å². The number of ether oxygens (including phenoxy) is 1. The molecule has 0 radical (unpaired) electrons. The average Bonchev–Trinajstić information content (AvgIpc) is 1.77. The minimum atomic E-state index is 0.520. The van der Waals surface area contributed by atoms with Gasteiger partial charge in [0.15, 0.2) is 0 Å². The molecular weight excluding hydrogens is 100 g/mol. The summed E-state index contributed by atoms with van der Waals surface area (Å²) in [5.41, 5.74) is 0. The van der Waals surface area contributed by atoms with Crippen molar-refractivity contribution < 1.29 is 4.74 Å². The van der Waals surface area contributed by atoms with E-state index in [0.717, 1.165) is 12.5 Å². The molecule has 0 saturated carbocycles. The normalized spacial score (nSPS) is 39.8. The Morgan fingerprint density at radius 3 is 2.38 bits per heavy atom. The first-order chi connectivity index (χ1) is 3.79. The van der Waals surface area contributed by atoms with Crippen LogP contribution >= 0.6 is 0 Å². The van der Waals surface area contributed by atoms with E-state index in [1.54, 1.807) is 0 Å². The van der Waals surface area contributed by atoms with Crippen molar-refractivity contribution in [2.45, 2.75) is 32.8 Å². The molecule has 1 aliphatic heterocycles. The summed E-state index contributed by atoms with van der Waals surface area (Å²) >= 11 is 0. The molecule has 1 heteroatoms. The fourth-order valence-corrected chi connectivity index (χ4v) is 1.01. The topological polar surface area (TPSA) is 9.23 Å². The highest BCUT2D eigenvalue weighted by atomic mass is 16.5. The maximum absolute atomic E-state index is 5.39. The molecule has 0 aliphatic carbocycles. The average molecular weight is 114 g/mol. The van der Waals surface area contributed by atoms with Gasteiger partial charge in [0.25, 0.3) is 0 Å². The summed E-state index contributed by atoms with van der Waals surface area (Å²) in [6, 6.07) is 0. The van der Waals surface area contributed by atoms with Gasteiger partial charge in [-0.15, -0.1) is 0 Å². The molecule has 1 unspecified atom stereocenters. The predicted molar refractivity (Wildman–Crippen MR) is 33.8 cm³/mol. The van der Waals surface area contributed by atoms with Crippen molar-refractivity contribution in [3.05, 3.63) is 0 Å². The van der Waals surface area contributed by atoms with Gasteiger partial charge >= 0.3 is 0 Å². The van der Waals surface area contributed by atoms with Gasteiger partial charge in [-0.3, -0.25) is 0 Å². The monoisotopic (exact) mass is 114 g/mol. The SMILES string of the molecule is CC1CC[C@@H](C)CO1. The summed E-state index contributed by atoms with van der Waals surface area (Å²) in [5, 5.41) is 0. The molecule has 0 aromatic rings. The minimum absolute atomic E-state index is 0.520. The maximum atomic E-state index is 5.39. The Labute approximate surface area is 51.0 Å². The van der Waals surface area contributed by atoms with E-state index in [0.29, 0.717) is 6.10 Å². The molecule has 0 aromatic heterocycles. The molecule has 0 spiro atoms. The van der Waals surface area contributed by atoms with Crippen LogP contribution in [0.3, 0.4) is 0 Å². The second-order valence-electron chi connectivity index (χ2n) is 2.83. The highest BCUT2D eigenvalue weighted by molar-refractivity contribution is 4.62. The summed E-state index contributed by atoms with van der Waals surface area (Å²) < 4.78 is 5.39. The van der Waals surface area contributed by atoms with Crippen molar-refractivity contribution in [2.75, 3.05) is 6.61 Å². The highest BCUT2D eigenvalue weighted by Gasteiger charge is 2.13. The van der Waals surface area contributed by atoms with Crippen molar-refractivity contribution >= 4 is 0 Å². The fraction of sp³-hybridized carbons (Fsp3) is 1.00. The smallest absolute Gasteiger partial charge is 0.0547 e. The Bertz CT molecular complexity index is 52.8. The van der Waals surface area contributed by atoms with Gasteiger partial charge in [0.05, 0.1) is 6.10 Å². The largest absolute Gasteiger partial charge is 0.378 e. The van der Waals surface area contributed by atoms with Crippen molar-refractivity contribution in [1.29, 1.82) is 0 Å². The second-order valence-corrected chi connectivity index (χ2v) is 2.83. The van der Waals surface area contributed by atoms with E-state index in [2.05, 4.69) is 13.8 Å². The highest BCUT2D eigenvalue weighted by Crippen LogP contribution is 2.16. The Morgan fingerprint density at radius 1 is 1.25 bits per heavy atom. The lowest BCUT2D eigenvalue weighted by atomic mass is 10.0.